The molecule has 0 aliphatic rings. The number of nitrogen functional groups attached to an aromatic ring is 1. The summed E-state index contributed by atoms with van der Waals surface area (Å²) in [7, 11) is 0. The Morgan fingerprint density at radius 2 is 1.96 bits per heavy atom. The molecule has 23 heavy (non-hydrogen) atoms. The van der Waals surface area contributed by atoms with Crippen molar-refractivity contribution in [1.82, 2.24) is 20.1 Å². The van der Waals surface area contributed by atoms with Crippen molar-refractivity contribution in [1.29, 1.82) is 0 Å². The minimum Gasteiger partial charge on any atom is -0.383 e. The molecular weight excluding hydrogens is 330 g/mol. The zero-order valence-corrected chi connectivity index (χ0v) is 13.5. The summed E-state index contributed by atoms with van der Waals surface area (Å²) in [5.74, 6) is 2.10. The third kappa shape index (κ3) is 2.90. The Kier molecular flexibility index (Phi) is 3.68. The van der Waals surface area contributed by atoms with E-state index in [1.54, 1.807) is 11.3 Å². The molecule has 4 aromatic rings. The van der Waals surface area contributed by atoms with Crippen LogP contribution in [-0.4, -0.2) is 20.1 Å². The van der Waals surface area contributed by atoms with Crippen molar-refractivity contribution < 1.29 is 4.52 Å². The quantitative estimate of drug-likeness (QED) is 0.448. The molecule has 2 N–H and O–H groups in total. The number of thiophene rings is 1. The van der Waals surface area contributed by atoms with Crippen molar-refractivity contribution >= 4 is 39.1 Å². The Hall–Kier alpha value is -2.45. The van der Waals surface area contributed by atoms with Gasteiger partial charge in [-0.25, -0.2) is 9.97 Å². The second-order valence-electron chi connectivity index (χ2n) is 4.70. The average Bonchev–Trinajstić information content (AvgIpc) is 3.23. The highest BCUT2D eigenvalue weighted by Crippen LogP contribution is 2.27. The van der Waals surface area contributed by atoms with E-state index in [1.807, 2.05) is 41.8 Å². The van der Waals surface area contributed by atoms with Crippen molar-refractivity contribution in [3.05, 3.63) is 47.7 Å². The molecule has 0 amide bonds. The van der Waals surface area contributed by atoms with Gasteiger partial charge >= 0.3 is 0 Å². The lowest BCUT2D eigenvalue weighted by atomic mass is 10.2. The minimum atomic E-state index is 0.495. The summed E-state index contributed by atoms with van der Waals surface area (Å²) in [4.78, 5) is 14.0. The fourth-order valence-electron chi connectivity index (χ4n) is 2.07. The molecule has 0 fully saturated rings. The number of rotatable bonds is 4. The summed E-state index contributed by atoms with van der Waals surface area (Å²) < 4.78 is 5.28. The largest absolute Gasteiger partial charge is 0.383 e. The molecule has 0 spiro atoms. The van der Waals surface area contributed by atoms with E-state index >= 15 is 0 Å². The van der Waals surface area contributed by atoms with Gasteiger partial charge in [0.1, 0.15) is 10.6 Å². The van der Waals surface area contributed by atoms with Crippen LogP contribution in [-0.2, 0) is 5.75 Å². The van der Waals surface area contributed by atoms with Crippen LogP contribution < -0.4 is 5.73 Å². The Morgan fingerprint density at radius 1 is 1.09 bits per heavy atom. The molecule has 8 heteroatoms. The second kappa shape index (κ2) is 5.98. The normalized spacial score (nSPS) is 11.1. The van der Waals surface area contributed by atoms with E-state index < -0.39 is 0 Å². The first-order valence-electron chi connectivity index (χ1n) is 6.81. The third-order valence-corrected chi connectivity index (χ3v) is 4.80. The number of fused-ring (bicyclic) bond motifs is 1. The number of hydrogen-bond donors (Lipinski definition) is 1. The molecule has 4 rings (SSSR count). The molecule has 0 saturated heterocycles. The highest BCUT2D eigenvalue weighted by Gasteiger charge is 2.11. The molecule has 3 heterocycles. The SMILES string of the molecule is Nc1nc(SCc2nc(-c3ccccc3)no2)nc2sccc12. The van der Waals surface area contributed by atoms with Crippen LogP contribution in [0.25, 0.3) is 21.6 Å². The standard InChI is InChI=1S/C15H11N5OS2/c16-12-10-6-7-22-14(10)19-15(18-12)23-8-11-17-13(20-21-11)9-4-2-1-3-5-9/h1-7H,8H2,(H2,16,18,19). The first-order chi connectivity index (χ1) is 11.3. The molecule has 0 bridgehead atoms. The molecule has 0 atom stereocenters. The van der Waals surface area contributed by atoms with E-state index in [2.05, 4.69) is 20.1 Å². The van der Waals surface area contributed by atoms with Gasteiger partial charge in [-0.2, -0.15) is 4.98 Å². The van der Waals surface area contributed by atoms with Crippen molar-refractivity contribution in [3.8, 4) is 11.4 Å². The van der Waals surface area contributed by atoms with Crippen LogP contribution in [0.15, 0.2) is 51.5 Å². The lowest BCUT2D eigenvalue weighted by Crippen LogP contribution is -1.95. The molecule has 0 saturated carbocycles. The molecule has 0 radical (unpaired) electrons. The van der Waals surface area contributed by atoms with Gasteiger partial charge in [0, 0.05) is 5.56 Å². The number of hydrogen-bond acceptors (Lipinski definition) is 8. The number of benzene rings is 1. The predicted octanol–water partition coefficient (Wildman–Crippen LogP) is 3.62. The van der Waals surface area contributed by atoms with Crippen LogP contribution in [0.5, 0.6) is 0 Å². The van der Waals surface area contributed by atoms with Crippen LogP contribution in [0.1, 0.15) is 5.89 Å². The summed E-state index contributed by atoms with van der Waals surface area (Å²) in [6.45, 7) is 0. The van der Waals surface area contributed by atoms with E-state index in [4.69, 9.17) is 10.3 Å². The molecule has 0 aliphatic heterocycles. The Morgan fingerprint density at radius 3 is 2.83 bits per heavy atom. The Balaban J connectivity index is 1.51. The van der Waals surface area contributed by atoms with Crippen molar-refractivity contribution in [2.24, 2.45) is 0 Å². The van der Waals surface area contributed by atoms with Gasteiger partial charge in [-0.3, -0.25) is 0 Å². The number of nitrogens with two attached hydrogens (primary N) is 1. The Bertz CT molecular complexity index is 951. The van der Waals surface area contributed by atoms with Crippen LogP contribution in [0.4, 0.5) is 5.82 Å². The number of thioether (sulfide) groups is 1. The lowest BCUT2D eigenvalue weighted by Gasteiger charge is -2.00. The average molecular weight is 341 g/mol. The van der Waals surface area contributed by atoms with Crippen LogP contribution >= 0.6 is 23.1 Å². The molecule has 0 unspecified atom stereocenters. The summed E-state index contributed by atoms with van der Waals surface area (Å²) in [5, 5.41) is 7.45. The summed E-state index contributed by atoms with van der Waals surface area (Å²) >= 11 is 2.97. The first kappa shape index (κ1) is 14.2. The smallest absolute Gasteiger partial charge is 0.237 e. The van der Waals surface area contributed by atoms with E-state index in [1.165, 1.54) is 11.8 Å². The topological polar surface area (TPSA) is 90.7 Å². The first-order valence-corrected chi connectivity index (χ1v) is 8.67. The van der Waals surface area contributed by atoms with Crippen molar-refractivity contribution in [2.75, 3.05) is 5.73 Å². The van der Waals surface area contributed by atoms with E-state index in [-0.39, 0.29) is 0 Å². The van der Waals surface area contributed by atoms with Gasteiger partial charge in [0.05, 0.1) is 11.1 Å². The number of anilines is 1. The zero-order chi connectivity index (χ0) is 15.6. The fourth-order valence-corrected chi connectivity index (χ4v) is 3.58. The predicted molar refractivity (Wildman–Crippen MR) is 91.1 cm³/mol. The lowest BCUT2D eigenvalue weighted by molar-refractivity contribution is 0.391. The van der Waals surface area contributed by atoms with Gasteiger partial charge in [0.2, 0.25) is 11.7 Å². The molecule has 3 aromatic heterocycles. The Labute approximate surface area is 139 Å². The van der Waals surface area contributed by atoms with Crippen LogP contribution in [0.3, 0.4) is 0 Å². The number of aromatic nitrogens is 4. The molecule has 114 valence electrons. The van der Waals surface area contributed by atoms with Crippen molar-refractivity contribution in [3.63, 3.8) is 0 Å². The maximum absolute atomic E-state index is 5.94. The third-order valence-electron chi connectivity index (χ3n) is 3.16. The highest BCUT2D eigenvalue weighted by atomic mass is 32.2. The second-order valence-corrected chi connectivity index (χ2v) is 6.53. The summed E-state index contributed by atoms with van der Waals surface area (Å²) in [6, 6.07) is 11.6. The van der Waals surface area contributed by atoms with Crippen LogP contribution in [0.2, 0.25) is 0 Å². The number of nitrogens with zero attached hydrogens (tertiary/aromatic N) is 4. The maximum Gasteiger partial charge on any atom is 0.237 e. The molecule has 6 nitrogen and oxygen atoms in total. The summed E-state index contributed by atoms with van der Waals surface area (Å²) in [6.07, 6.45) is 0. The minimum absolute atomic E-state index is 0.495. The zero-order valence-electron chi connectivity index (χ0n) is 11.8. The van der Waals surface area contributed by atoms with E-state index in [9.17, 15) is 0 Å². The van der Waals surface area contributed by atoms with Gasteiger partial charge in [-0.1, -0.05) is 47.3 Å². The van der Waals surface area contributed by atoms with E-state index in [0.717, 1.165) is 15.8 Å². The molecular formula is C15H11N5OS2. The van der Waals surface area contributed by atoms with Gasteiger partial charge in [-0.15, -0.1) is 11.3 Å². The molecule has 0 aliphatic carbocycles. The van der Waals surface area contributed by atoms with E-state index in [0.29, 0.717) is 28.4 Å². The van der Waals surface area contributed by atoms with Crippen LogP contribution in [0, 0.1) is 0 Å². The van der Waals surface area contributed by atoms with Gasteiger partial charge in [-0.05, 0) is 11.4 Å². The van der Waals surface area contributed by atoms with Gasteiger partial charge in [0.15, 0.2) is 5.16 Å². The summed E-state index contributed by atoms with van der Waals surface area (Å²) in [5.41, 5.74) is 6.87. The highest BCUT2D eigenvalue weighted by molar-refractivity contribution is 7.98. The molecule has 1 aromatic carbocycles. The maximum atomic E-state index is 5.94. The van der Waals surface area contributed by atoms with Gasteiger partial charge in [0.25, 0.3) is 0 Å². The van der Waals surface area contributed by atoms with Crippen molar-refractivity contribution in [2.45, 2.75) is 10.9 Å². The fraction of sp³-hybridized carbons (Fsp3) is 0.0667. The monoisotopic (exact) mass is 341 g/mol. The van der Waals surface area contributed by atoms with Gasteiger partial charge < -0.3 is 10.3 Å².